The van der Waals surface area contributed by atoms with Crippen LogP contribution >= 0.6 is 0 Å². The molecule has 192 valence electrons. The van der Waals surface area contributed by atoms with Crippen LogP contribution in [-0.4, -0.2) is 74.2 Å². The van der Waals surface area contributed by atoms with Crippen molar-refractivity contribution in [3.8, 4) is 22.5 Å². The number of nitrogen functional groups attached to an aromatic ring is 1. The van der Waals surface area contributed by atoms with Crippen molar-refractivity contribution < 1.29 is 9.59 Å². The number of amides is 1. The Hall–Kier alpha value is -4.94. The van der Waals surface area contributed by atoms with Crippen molar-refractivity contribution in [1.29, 1.82) is 0 Å². The van der Waals surface area contributed by atoms with Crippen LogP contribution in [0.1, 0.15) is 52.4 Å². The van der Waals surface area contributed by atoms with Gasteiger partial charge in [0.1, 0.15) is 17.8 Å². The molecule has 0 atom stereocenters. The number of nitrogens with one attached hydrogen (secondary N) is 1. The number of aryl methyl sites for hydroxylation is 1. The summed E-state index contributed by atoms with van der Waals surface area (Å²) in [4.78, 5) is 39.4. The Morgan fingerprint density at radius 1 is 1.11 bits per heavy atom. The molecule has 0 aliphatic carbocycles. The fourth-order valence-corrected chi connectivity index (χ4v) is 4.96. The minimum absolute atomic E-state index is 0.0487. The summed E-state index contributed by atoms with van der Waals surface area (Å²) >= 11 is 0. The minimum atomic E-state index is -0.199. The Morgan fingerprint density at radius 3 is 2.55 bits per heavy atom. The summed E-state index contributed by atoms with van der Waals surface area (Å²) in [5.41, 5.74) is 11.2. The molecule has 1 fully saturated rings. The second-order valence-corrected chi connectivity index (χ2v) is 9.32. The van der Waals surface area contributed by atoms with Crippen LogP contribution in [0.2, 0.25) is 0 Å². The SMILES string of the molecule is CC(=O)c1c(C2CCN(C(=O)c3nnc[nH]3)CC2)nc2c(-c3ccc(-c4ccn(C)n4)nc3)cnn2c1N. The van der Waals surface area contributed by atoms with Gasteiger partial charge in [-0.1, -0.05) is 6.07 Å². The number of likely N-dealkylation sites (tertiary alicyclic amines) is 1. The molecule has 0 unspecified atom stereocenters. The molecule has 13 nitrogen and oxygen atoms in total. The van der Waals surface area contributed by atoms with Gasteiger partial charge >= 0.3 is 0 Å². The number of aromatic nitrogens is 9. The largest absolute Gasteiger partial charge is 0.383 e. The third-order valence-electron chi connectivity index (χ3n) is 6.90. The van der Waals surface area contributed by atoms with Crippen LogP contribution in [-0.2, 0) is 7.05 Å². The molecule has 6 heterocycles. The van der Waals surface area contributed by atoms with Crippen molar-refractivity contribution in [2.24, 2.45) is 7.05 Å². The van der Waals surface area contributed by atoms with Crippen LogP contribution in [0, 0.1) is 0 Å². The number of pyridine rings is 1. The number of nitrogens with zero attached hydrogens (tertiary/aromatic N) is 9. The zero-order valence-electron chi connectivity index (χ0n) is 20.9. The highest BCUT2D eigenvalue weighted by molar-refractivity contribution is 6.00. The van der Waals surface area contributed by atoms with Crippen LogP contribution in [0.3, 0.4) is 0 Å². The van der Waals surface area contributed by atoms with Crippen LogP contribution in [0.25, 0.3) is 28.2 Å². The summed E-state index contributed by atoms with van der Waals surface area (Å²) in [6.07, 6.45) is 7.95. The van der Waals surface area contributed by atoms with Gasteiger partial charge in [0.2, 0.25) is 5.82 Å². The van der Waals surface area contributed by atoms with Gasteiger partial charge in [-0.2, -0.15) is 14.7 Å². The number of ketones is 1. The Balaban J connectivity index is 1.33. The summed E-state index contributed by atoms with van der Waals surface area (Å²) in [7, 11) is 1.86. The lowest BCUT2D eigenvalue weighted by Crippen LogP contribution is -2.39. The first-order chi connectivity index (χ1) is 18.4. The Bertz CT molecular complexity index is 1640. The van der Waals surface area contributed by atoms with E-state index in [1.165, 1.54) is 17.8 Å². The quantitative estimate of drug-likeness (QED) is 0.336. The molecule has 1 saturated heterocycles. The molecule has 5 aromatic rings. The van der Waals surface area contributed by atoms with E-state index in [-0.39, 0.29) is 29.3 Å². The molecular weight excluding hydrogens is 486 g/mol. The normalized spacial score (nSPS) is 14.3. The zero-order chi connectivity index (χ0) is 26.4. The summed E-state index contributed by atoms with van der Waals surface area (Å²) < 4.78 is 3.23. The average Bonchev–Trinajstić information content (AvgIpc) is 3.69. The zero-order valence-corrected chi connectivity index (χ0v) is 20.9. The fraction of sp³-hybridized carbons (Fsp3) is 0.280. The molecule has 0 spiro atoms. The van der Waals surface area contributed by atoms with Crippen molar-refractivity contribution in [3.05, 3.63) is 60.2 Å². The topological polar surface area (TPSA) is 166 Å². The number of Topliss-reactive ketones (excluding diaryl/α,β-unsaturated/α-hetero) is 1. The predicted octanol–water partition coefficient (Wildman–Crippen LogP) is 2.11. The van der Waals surface area contributed by atoms with Gasteiger partial charge < -0.3 is 15.6 Å². The summed E-state index contributed by atoms with van der Waals surface area (Å²) in [5, 5.41) is 16.3. The standard InChI is InChI=1S/C25H25N11O2/c1-14(37)20-21(15-5-9-35(10-6-15)25(38)23-28-13-29-32-23)31-24-17(12-30-36(24)22(20)26)16-3-4-18(27-11-16)19-7-8-34(2)33-19/h3-4,7-8,11-13,15H,5-6,9-10,26H2,1-2H3,(H,28,29,32). The molecule has 5 aromatic heterocycles. The second kappa shape index (κ2) is 9.18. The molecule has 38 heavy (non-hydrogen) atoms. The van der Waals surface area contributed by atoms with E-state index in [1.807, 2.05) is 31.4 Å². The first-order valence-corrected chi connectivity index (χ1v) is 12.2. The lowest BCUT2D eigenvalue weighted by Gasteiger charge is -2.32. The molecule has 0 radical (unpaired) electrons. The number of H-pyrrole nitrogens is 1. The lowest BCUT2D eigenvalue weighted by atomic mass is 9.89. The van der Waals surface area contributed by atoms with E-state index in [9.17, 15) is 9.59 Å². The number of piperidine rings is 1. The molecule has 13 heteroatoms. The van der Waals surface area contributed by atoms with E-state index in [1.54, 1.807) is 22.0 Å². The number of carbonyl (C=O) groups excluding carboxylic acids is 2. The minimum Gasteiger partial charge on any atom is -0.383 e. The average molecular weight is 512 g/mol. The van der Waals surface area contributed by atoms with Crippen molar-refractivity contribution in [3.63, 3.8) is 0 Å². The van der Waals surface area contributed by atoms with Gasteiger partial charge in [-0.05, 0) is 31.9 Å². The second-order valence-electron chi connectivity index (χ2n) is 9.32. The molecular formula is C25H25N11O2. The van der Waals surface area contributed by atoms with Gasteiger partial charge in [-0.15, -0.1) is 10.2 Å². The number of fused-ring (bicyclic) bond motifs is 1. The maximum atomic E-state index is 12.7. The van der Waals surface area contributed by atoms with Crippen LogP contribution in [0.5, 0.6) is 0 Å². The van der Waals surface area contributed by atoms with Gasteiger partial charge in [-0.25, -0.2) is 4.98 Å². The highest BCUT2D eigenvalue weighted by Gasteiger charge is 2.31. The van der Waals surface area contributed by atoms with Crippen molar-refractivity contribution in [2.45, 2.75) is 25.7 Å². The smallest absolute Gasteiger partial charge is 0.291 e. The number of hydrogen-bond donors (Lipinski definition) is 2. The molecule has 0 saturated carbocycles. The molecule has 6 rings (SSSR count). The number of nitrogens with two attached hydrogens (primary N) is 1. The Morgan fingerprint density at radius 2 is 1.92 bits per heavy atom. The van der Waals surface area contributed by atoms with E-state index < -0.39 is 0 Å². The van der Waals surface area contributed by atoms with E-state index in [4.69, 9.17) is 10.7 Å². The summed E-state index contributed by atoms with van der Waals surface area (Å²) in [5.74, 6) is 0.0403. The first kappa shape index (κ1) is 23.5. The van der Waals surface area contributed by atoms with Crippen molar-refractivity contribution in [1.82, 2.24) is 49.4 Å². The first-order valence-electron chi connectivity index (χ1n) is 12.2. The molecule has 0 aromatic carbocycles. The highest BCUT2D eigenvalue weighted by atomic mass is 16.2. The maximum Gasteiger partial charge on any atom is 0.291 e. The van der Waals surface area contributed by atoms with E-state index in [2.05, 4.69) is 30.4 Å². The number of aromatic amines is 1. The monoisotopic (exact) mass is 511 g/mol. The molecule has 0 bridgehead atoms. The molecule has 1 aliphatic rings. The van der Waals surface area contributed by atoms with E-state index >= 15 is 0 Å². The van der Waals surface area contributed by atoms with Gasteiger partial charge in [0.05, 0.1) is 23.1 Å². The molecule has 3 N–H and O–H groups in total. The van der Waals surface area contributed by atoms with Crippen molar-refractivity contribution >= 4 is 23.2 Å². The maximum absolute atomic E-state index is 12.7. The molecule has 1 aliphatic heterocycles. The Kier molecular flexibility index (Phi) is 5.66. The number of carbonyl (C=O) groups is 2. The third kappa shape index (κ3) is 3.97. The number of anilines is 1. The van der Waals surface area contributed by atoms with Gasteiger partial charge in [0.15, 0.2) is 11.4 Å². The van der Waals surface area contributed by atoms with E-state index in [0.29, 0.717) is 42.8 Å². The van der Waals surface area contributed by atoms with Crippen LogP contribution in [0.15, 0.2) is 43.1 Å². The summed E-state index contributed by atoms with van der Waals surface area (Å²) in [6, 6.07) is 5.74. The predicted molar refractivity (Wildman–Crippen MR) is 137 cm³/mol. The summed E-state index contributed by atoms with van der Waals surface area (Å²) in [6.45, 7) is 2.48. The van der Waals surface area contributed by atoms with Crippen molar-refractivity contribution in [2.75, 3.05) is 18.8 Å². The third-order valence-corrected chi connectivity index (χ3v) is 6.90. The van der Waals surface area contributed by atoms with E-state index in [0.717, 1.165) is 22.5 Å². The highest BCUT2D eigenvalue weighted by Crippen LogP contribution is 2.35. The number of rotatable bonds is 5. The van der Waals surface area contributed by atoms with Gasteiger partial charge in [-0.3, -0.25) is 19.3 Å². The Labute approximate surface area is 216 Å². The van der Waals surface area contributed by atoms with Crippen LogP contribution in [0.4, 0.5) is 5.82 Å². The van der Waals surface area contributed by atoms with Gasteiger partial charge in [0, 0.05) is 49.6 Å². The number of hydrogen-bond acceptors (Lipinski definition) is 9. The fourth-order valence-electron chi connectivity index (χ4n) is 4.96. The lowest BCUT2D eigenvalue weighted by molar-refractivity contribution is 0.0699. The van der Waals surface area contributed by atoms with Gasteiger partial charge in [0.25, 0.3) is 5.91 Å². The molecule has 1 amide bonds. The van der Waals surface area contributed by atoms with Crippen LogP contribution < -0.4 is 5.73 Å².